The Bertz CT molecular complexity index is 1310. The quantitative estimate of drug-likeness (QED) is 0.436. The van der Waals surface area contributed by atoms with Gasteiger partial charge < -0.3 is 5.11 Å². The van der Waals surface area contributed by atoms with Gasteiger partial charge in [0.2, 0.25) is 0 Å². The molecule has 0 aliphatic rings. The second-order valence-corrected chi connectivity index (χ2v) is 7.82. The first-order valence-electron chi connectivity index (χ1n) is 9.38. The average Bonchev–Trinajstić information content (AvgIpc) is 2.71. The van der Waals surface area contributed by atoms with Crippen LogP contribution in [0, 0.1) is 6.92 Å². The Morgan fingerprint density at radius 3 is 2.43 bits per heavy atom. The van der Waals surface area contributed by atoms with E-state index in [1.165, 1.54) is 4.40 Å². The Morgan fingerprint density at radius 1 is 1.03 bits per heavy atom. The lowest BCUT2D eigenvalue weighted by atomic mass is 10.1. The minimum absolute atomic E-state index is 0.0376. The minimum Gasteiger partial charge on any atom is -0.842 e. The molecular formula is C24H18Cl2N2O2. The Hall–Kier alpha value is -3.08. The van der Waals surface area contributed by atoms with Gasteiger partial charge in [0, 0.05) is 15.6 Å². The van der Waals surface area contributed by atoms with Crippen LogP contribution >= 0.6 is 23.2 Å². The van der Waals surface area contributed by atoms with Gasteiger partial charge in [-0.15, -0.1) is 0 Å². The second kappa shape index (κ2) is 8.34. The van der Waals surface area contributed by atoms with Crippen LogP contribution < -0.4 is 15.2 Å². The summed E-state index contributed by atoms with van der Waals surface area (Å²) < 4.78 is 3.09. The van der Waals surface area contributed by atoms with Gasteiger partial charge in [-0.3, -0.25) is 0 Å². The van der Waals surface area contributed by atoms with Crippen LogP contribution in [0.1, 0.15) is 11.1 Å². The molecule has 0 unspecified atom stereocenters. The zero-order valence-electron chi connectivity index (χ0n) is 16.2. The third kappa shape index (κ3) is 3.84. The highest BCUT2D eigenvalue weighted by Crippen LogP contribution is 2.28. The molecule has 0 fully saturated rings. The minimum atomic E-state index is -0.402. The number of halogens is 2. The van der Waals surface area contributed by atoms with Gasteiger partial charge in [-0.05, 0) is 54.5 Å². The Morgan fingerprint density at radius 2 is 1.73 bits per heavy atom. The summed E-state index contributed by atoms with van der Waals surface area (Å²) in [5, 5.41) is 14.2. The summed E-state index contributed by atoms with van der Waals surface area (Å²) in [6.45, 7) is 2.19. The fourth-order valence-corrected chi connectivity index (χ4v) is 4.06. The molecule has 0 N–H and O–H groups in total. The Kier molecular flexibility index (Phi) is 5.62. The van der Waals surface area contributed by atoms with E-state index in [0.717, 1.165) is 11.1 Å². The molecule has 0 bridgehead atoms. The highest BCUT2D eigenvalue weighted by Gasteiger charge is 2.21. The largest absolute Gasteiger partial charge is 0.842 e. The van der Waals surface area contributed by atoms with Gasteiger partial charge in [0.1, 0.15) is 12.1 Å². The summed E-state index contributed by atoms with van der Waals surface area (Å²) in [6.07, 6.45) is 5.52. The van der Waals surface area contributed by atoms with Gasteiger partial charge in [0.25, 0.3) is 5.65 Å². The number of aryl methyl sites for hydroxylation is 1. The lowest BCUT2D eigenvalue weighted by Crippen LogP contribution is -2.44. The van der Waals surface area contributed by atoms with Crippen LogP contribution in [0.3, 0.4) is 0 Å². The summed E-state index contributed by atoms with van der Waals surface area (Å²) >= 11 is 12.3. The molecule has 30 heavy (non-hydrogen) atoms. The molecule has 2 aromatic heterocycles. The molecule has 150 valence electrons. The van der Waals surface area contributed by atoms with Crippen molar-refractivity contribution in [3.8, 4) is 17.0 Å². The average molecular weight is 437 g/mol. The van der Waals surface area contributed by atoms with E-state index in [1.54, 1.807) is 35.0 Å². The maximum Gasteiger partial charge on any atom is 0.349 e. The van der Waals surface area contributed by atoms with Crippen LogP contribution in [-0.4, -0.2) is 4.40 Å². The number of benzene rings is 2. The summed E-state index contributed by atoms with van der Waals surface area (Å²) in [6, 6.07) is 18.2. The van der Waals surface area contributed by atoms with Crippen LogP contribution in [0.25, 0.3) is 22.9 Å². The molecule has 0 aliphatic heterocycles. The number of fused-ring (bicyclic) bond motifs is 1. The van der Waals surface area contributed by atoms with Crippen molar-refractivity contribution in [1.82, 2.24) is 4.40 Å². The number of pyridine rings is 1. The van der Waals surface area contributed by atoms with Crippen LogP contribution in [0.2, 0.25) is 10.0 Å². The normalized spacial score (nSPS) is 11.4. The van der Waals surface area contributed by atoms with Crippen molar-refractivity contribution in [3.63, 3.8) is 0 Å². The molecule has 4 rings (SSSR count). The van der Waals surface area contributed by atoms with Gasteiger partial charge in [0.05, 0.1) is 12.1 Å². The van der Waals surface area contributed by atoms with Crippen LogP contribution in [0.4, 0.5) is 0 Å². The molecule has 2 aromatic carbocycles. The lowest BCUT2D eigenvalue weighted by molar-refractivity contribution is -0.707. The predicted molar refractivity (Wildman–Crippen MR) is 119 cm³/mol. The first kappa shape index (κ1) is 20.2. The SMILES string of the molecule is Cc1cccn2c(=O)c(-c3cc(Cl)cc(Cl)c3)c([O-])[n+](CC=Cc3ccccc3)c12. The highest BCUT2D eigenvalue weighted by atomic mass is 35.5. The first-order valence-corrected chi connectivity index (χ1v) is 10.1. The monoisotopic (exact) mass is 436 g/mol. The van der Waals surface area contributed by atoms with E-state index in [0.29, 0.717) is 27.8 Å². The maximum atomic E-state index is 13.5. The number of nitrogens with zero attached hydrogens (tertiary/aromatic N) is 2. The molecule has 0 radical (unpaired) electrons. The van der Waals surface area contributed by atoms with E-state index in [-0.39, 0.29) is 11.4 Å². The molecule has 0 atom stereocenters. The summed E-state index contributed by atoms with van der Waals surface area (Å²) in [5.41, 5.74) is 2.45. The number of aromatic nitrogens is 2. The van der Waals surface area contributed by atoms with Gasteiger partial charge in [-0.25, -0.2) is 9.36 Å². The van der Waals surface area contributed by atoms with Crippen molar-refractivity contribution < 1.29 is 9.67 Å². The number of rotatable bonds is 4. The molecule has 0 saturated carbocycles. The fraction of sp³-hybridized carbons (Fsp3) is 0.0833. The zero-order chi connectivity index (χ0) is 21.3. The van der Waals surface area contributed by atoms with E-state index in [2.05, 4.69) is 0 Å². The molecular weight excluding hydrogens is 419 g/mol. The van der Waals surface area contributed by atoms with Crippen molar-refractivity contribution in [2.45, 2.75) is 13.5 Å². The molecule has 0 aliphatic carbocycles. The van der Waals surface area contributed by atoms with Crippen molar-refractivity contribution in [2.75, 3.05) is 0 Å². The van der Waals surface area contributed by atoms with Crippen LogP contribution in [-0.2, 0) is 6.54 Å². The molecule has 4 aromatic rings. The van der Waals surface area contributed by atoms with Crippen LogP contribution in [0.5, 0.6) is 5.88 Å². The standard InChI is InChI=1S/C24H18Cl2N2O2/c1-16-7-5-11-27-22(16)28(12-6-10-17-8-3-2-4-9-17)24(30)21(23(27)29)18-13-19(25)15-20(26)14-18/h2-11,13-15H,12H2,1H3. The molecule has 4 nitrogen and oxygen atoms in total. The van der Waals surface area contributed by atoms with Crippen molar-refractivity contribution in [2.24, 2.45) is 0 Å². The Labute approximate surface area is 183 Å². The molecule has 2 heterocycles. The van der Waals surface area contributed by atoms with Gasteiger partial charge in [-0.1, -0.05) is 59.6 Å². The zero-order valence-corrected chi connectivity index (χ0v) is 17.7. The van der Waals surface area contributed by atoms with E-state index in [9.17, 15) is 9.90 Å². The van der Waals surface area contributed by atoms with E-state index in [1.807, 2.05) is 55.5 Å². The van der Waals surface area contributed by atoms with Crippen molar-refractivity contribution in [3.05, 3.63) is 104 Å². The second-order valence-electron chi connectivity index (χ2n) is 6.95. The molecule has 0 spiro atoms. The maximum absolute atomic E-state index is 13.5. The Balaban J connectivity index is 1.94. The van der Waals surface area contributed by atoms with E-state index < -0.39 is 5.56 Å². The fourth-order valence-electron chi connectivity index (χ4n) is 3.53. The highest BCUT2D eigenvalue weighted by molar-refractivity contribution is 6.35. The van der Waals surface area contributed by atoms with Crippen molar-refractivity contribution in [1.29, 1.82) is 0 Å². The molecule has 0 saturated heterocycles. The molecule has 0 amide bonds. The van der Waals surface area contributed by atoms with Gasteiger partial charge in [-0.2, -0.15) is 4.40 Å². The lowest BCUT2D eigenvalue weighted by Gasteiger charge is -2.17. The van der Waals surface area contributed by atoms with Gasteiger partial charge >= 0.3 is 5.56 Å². The number of hydrogen-bond acceptors (Lipinski definition) is 2. The van der Waals surface area contributed by atoms with Crippen molar-refractivity contribution >= 4 is 34.9 Å². The van der Waals surface area contributed by atoms with Gasteiger partial charge in [0.15, 0.2) is 0 Å². The van der Waals surface area contributed by atoms with E-state index >= 15 is 0 Å². The first-order chi connectivity index (χ1) is 14.5. The smallest absolute Gasteiger partial charge is 0.349 e. The number of allylic oxidation sites excluding steroid dienone is 1. The summed E-state index contributed by atoms with van der Waals surface area (Å²) in [5.74, 6) is -0.384. The summed E-state index contributed by atoms with van der Waals surface area (Å²) in [4.78, 5) is 13.2. The topological polar surface area (TPSA) is 48.4 Å². The van der Waals surface area contributed by atoms with E-state index in [4.69, 9.17) is 23.2 Å². The van der Waals surface area contributed by atoms with Crippen LogP contribution in [0.15, 0.2) is 77.7 Å². The third-order valence-corrected chi connectivity index (χ3v) is 5.30. The summed E-state index contributed by atoms with van der Waals surface area (Å²) in [7, 11) is 0. The predicted octanol–water partition coefficient (Wildman–Crippen LogP) is 4.66. The third-order valence-electron chi connectivity index (χ3n) is 4.86. The number of hydrogen-bond donors (Lipinski definition) is 0. The molecule has 6 heteroatoms.